The quantitative estimate of drug-likeness (QED) is 0.522. The molecule has 0 aliphatic heterocycles. The van der Waals surface area contributed by atoms with Gasteiger partial charge in [-0.1, -0.05) is 54.6 Å². The van der Waals surface area contributed by atoms with Crippen LogP contribution < -0.4 is 15.8 Å². The lowest BCUT2D eigenvalue weighted by molar-refractivity contribution is -0.121. The van der Waals surface area contributed by atoms with E-state index in [-0.39, 0.29) is 0 Å². The number of ether oxygens (including phenoxy) is 1. The summed E-state index contributed by atoms with van der Waals surface area (Å²) in [6.45, 7) is 1.35. The molecule has 6 heteroatoms. The molecule has 0 aliphatic rings. The van der Waals surface area contributed by atoms with Gasteiger partial charge in [-0.3, -0.25) is 4.79 Å². The van der Waals surface area contributed by atoms with Crippen molar-refractivity contribution in [1.82, 2.24) is 0 Å². The molecule has 6 nitrogen and oxygen atoms in total. The Bertz CT molecular complexity index is 1070. The van der Waals surface area contributed by atoms with Gasteiger partial charge in [0.05, 0.1) is 18.8 Å². The van der Waals surface area contributed by atoms with Crippen LogP contribution in [0.4, 0.5) is 5.69 Å². The molecule has 4 N–H and O–H groups in total. The van der Waals surface area contributed by atoms with Crippen LogP contribution in [0.1, 0.15) is 18.1 Å². The number of aliphatic hydroxyl groups is 1. The Morgan fingerprint density at radius 1 is 1.10 bits per heavy atom. The lowest BCUT2D eigenvalue weighted by atomic mass is 10.0. The molecular weight excluding hydrogens is 390 g/mol. The molecule has 0 aromatic heterocycles. The second-order valence-electron chi connectivity index (χ2n) is 7.51. The van der Waals surface area contributed by atoms with Crippen LogP contribution in [0.2, 0.25) is 0 Å². The molecule has 3 rings (SSSR count). The standard InChI is InChI=1S/C25H25N3O3/c1-25(27,17-29)24(30)28-22-11-12-23(21(15-22)16-26)31-14-13-18-7-9-20(10-8-18)19-5-3-2-4-6-19/h2-12,15,29H,13-14,17,27H2,1H3,(H,28,30)/t25-/m0/s1. The van der Waals surface area contributed by atoms with Gasteiger partial charge in [-0.2, -0.15) is 5.26 Å². The number of aliphatic hydroxyl groups excluding tert-OH is 1. The molecule has 0 aliphatic carbocycles. The summed E-state index contributed by atoms with van der Waals surface area (Å²) in [5, 5.41) is 21.2. The number of nitrogens with one attached hydrogen (secondary N) is 1. The number of hydrogen-bond donors (Lipinski definition) is 3. The summed E-state index contributed by atoms with van der Waals surface area (Å²) in [5.41, 5.74) is 8.49. The van der Waals surface area contributed by atoms with Gasteiger partial charge in [-0.15, -0.1) is 0 Å². The van der Waals surface area contributed by atoms with E-state index in [1.165, 1.54) is 18.6 Å². The second-order valence-corrected chi connectivity index (χ2v) is 7.51. The normalized spacial score (nSPS) is 12.5. The summed E-state index contributed by atoms with van der Waals surface area (Å²) in [7, 11) is 0. The topological polar surface area (TPSA) is 108 Å². The third kappa shape index (κ3) is 5.70. The van der Waals surface area contributed by atoms with E-state index >= 15 is 0 Å². The van der Waals surface area contributed by atoms with Gasteiger partial charge >= 0.3 is 0 Å². The first-order valence-electron chi connectivity index (χ1n) is 9.95. The Hall–Kier alpha value is -3.66. The average molecular weight is 415 g/mol. The second kappa shape index (κ2) is 9.90. The minimum Gasteiger partial charge on any atom is -0.492 e. The molecule has 0 fully saturated rings. The molecule has 1 amide bonds. The van der Waals surface area contributed by atoms with Crippen molar-refractivity contribution in [3.05, 3.63) is 83.9 Å². The number of nitrogens with two attached hydrogens (primary N) is 1. The maximum Gasteiger partial charge on any atom is 0.246 e. The fraction of sp³-hybridized carbons (Fsp3) is 0.200. The molecule has 31 heavy (non-hydrogen) atoms. The molecule has 0 heterocycles. The van der Waals surface area contributed by atoms with Gasteiger partial charge in [-0.05, 0) is 41.8 Å². The van der Waals surface area contributed by atoms with Crippen LogP contribution in [0.15, 0.2) is 72.8 Å². The minimum absolute atomic E-state index is 0.306. The van der Waals surface area contributed by atoms with Crippen molar-refractivity contribution < 1.29 is 14.6 Å². The van der Waals surface area contributed by atoms with Gasteiger partial charge in [-0.25, -0.2) is 0 Å². The number of anilines is 1. The number of benzene rings is 3. The summed E-state index contributed by atoms with van der Waals surface area (Å²) in [6.07, 6.45) is 0.695. The van der Waals surface area contributed by atoms with Crippen LogP contribution in [0.5, 0.6) is 5.75 Å². The number of carbonyl (C=O) groups excluding carboxylic acids is 1. The van der Waals surface area contributed by atoms with E-state index in [0.717, 1.165) is 11.1 Å². The predicted molar refractivity (Wildman–Crippen MR) is 121 cm³/mol. The van der Waals surface area contributed by atoms with Crippen LogP contribution >= 0.6 is 0 Å². The number of rotatable bonds is 8. The fourth-order valence-electron chi connectivity index (χ4n) is 2.94. The van der Waals surface area contributed by atoms with Crippen LogP contribution in [0.3, 0.4) is 0 Å². The van der Waals surface area contributed by atoms with Gasteiger partial charge in [0.2, 0.25) is 5.91 Å². The van der Waals surface area contributed by atoms with E-state index in [2.05, 4.69) is 47.8 Å². The highest BCUT2D eigenvalue weighted by molar-refractivity contribution is 5.98. The van der Waals surface area contributed by atoms with E-state index in [9.17, 15) is 15.2 Å². The Kier molecular flexibility index (Phi) is 7.03. The molecule has 0 bridgehead atoms. The molecule has 0 saturated heterocycles. The smallest absolute Gasteiger partial charge is 0.246 e. The van der Waals surface area contributed by atoms with E-state index < -0.39 is 18.1 Å². The Morgan fingerprint density at radius 3 is 2.42 bits per heavy atom. The molecule has 158 valence electrons. The Morgan fingerprint density at radius 2 is 1.77 bits per heavy atom. The number of nitriles is 1. The van der Waals surface area contributed by atoms with Crippen molar-refractivity contribution >= 4 is 11.6 Å². The highest BCUT2D eigenvalue weighted by Crippen LogP contribution is 2.24. The van der Waals surface area contributed by atoms with Crippen molar-refractivity contribution in [3.8, 4) is 22.9 Å². The van der Waals surface area contributed by atoms with Crippen molar-refractivity contribution in [3.63, 3.8) is 0 Å². The number of amides is 1. The van der Waals surface area contributed by atoms with Crippen LogP contribution in [0.25, 0.3) is 11.1 Å². The van der Waals surface area contributed by atoms with E-state index in [1.54, 1.807) is 12.1 Å². The Balaban J connectivity index is 1.59. The summed E-state index contributed by atoms with van der Waals surface area (Å²) in [4.78, 5) is 12.1. The van der Waals surface area contributed by atoms with Crippen LogP contribution in [0, 0.1) is 11.3 Å². The van der Waals surface area contributed by atoms with E-state index in [0.29, 0.717) is 30.0 Å². The monoisotopic (exact) mass is 415 g/mol. The zero-order valence-electron chi connectivity index (χ0n) is 17.3. The average Bonchev–Trinajstić information content (AvgIpc) is 2.80. The summed E-state index contributed by atoms with van der Waals surface area (Å²) in [5.74, 6) is -0.0921. The molecule has 3 aromatic carbocycles. The van der Waals surface area contributed by atoms with Gasteiger partial charge in [0, 0.05) is 12.1 Å². The predicted octanol–water partition coefficient (Wildman–Crippen LogP) is 3.49. The van der Waals surface area contributed by atoms with E-state index in [4.69, 9.17) is 10.5 Å². The number of carbonyl (C=O) groups is 1. The lowest BCUT2D eigenvalue weighted by Crippen LogP contribution is -2.51. The lowest BCUT2D eigenvalue weighted by Gasteiger charge is -2.20. The Labute approximate surface area is 181 Å². The third-order valence-electron chi connectivity index (χ3n) is 4.91. The minimum atomic E-state index is -1.40. The largest absolute Gasteiger partial charge is 0.492 e. The van der Waals surface area contributed by atoms with Crippen LogP contribution in [-0.4, -0.2) is 29.8 Å². The van der Waals surface area contributed by atoms with Crippen molar-refractivity contribution in [2.24, 2.45) is 5.73 Å². The maximum atomic E-state index is 12.1. The van der Waals surface area contributed by atoms with Crippen molar-refractivity contribution in [2.45, 2.75) is 18.9 Å². The number of nitrogens with zero attached hydrogens (tertiary/aromatic N) is 1. The number of hydrogen-bond acceptors (Lipinski definition) is 5. The highest BCUT2D eigenvalue weighted by atomic mass is 16.5. The molecular formula is C25H25N3O3. The van der Waals surface area contributed by atoms with Gasteiger partial charge in [0.25, 0.3) is 0 Å². The summed E-state index contributed by atoms with van der Waals surface area (Å²) in [6, 6.07) is 25.4. The fourth-order valence-corrected chi connectivity index (χ4v) is 2.94. The maximum absolute atomic E-state index is 12.1. The van der Waals surface area contributed by atoms with Gasteiger partial charge < -0.3 is 20.9 Å². The third-order valence-corrected chi connectivity index (χ3v) is 4.91. The first-order valence-corrected chi connectivity index (χ1v) is 9.95. The molecule has 1 atom stereocenters. The molecule has 0 unspecified atom stereocenters. The van der Waals surface area contributed by atoms with E-state index in [1.807, 2.05) is 18.2 Å². The molecule has 0 spiro atoms. The SMILES string of the molecule is C[C@](N)(CO)C(=O)Nc1ccc(OCCc2ccc(-c3ccccc3)cc2)c(C#N)c1. The summed E-state index contributed by atoms with van der Waals surface area (Å²) < 4.78 is 5.80. The van der Waals surface area contributed by atoms with Crippen LogP contribution in [-0.2, 0) is 11.2 Å². The molecule has 0 radical (unpaired) electrons. The zero-order valence-corrected chi connectivity index (χ0v) is 17.3. The first-order chi connectivity index (χ1) is 14.9. The van der Waals surface area contributed by atoms with Crippen molar-refractivity contribution in [2.75, 3.05) is 18.5 Å². The first kappa shape index (κ1) is 22.0. The molecule has 3 aromatic rings. The van der Waals surface area contributed by atoms with Crippen molar-refractivity contribution in [1.29, 1.82) is 5.26 Å². The van der Waals surface area contributed by atoms with Gasteiger partial charge in [0.15, 0.2) is 0 Å². The van der Waals surface area contributed by atoms with Gasteiger partial charge in [0.1, 0.15) is 17.4 Å². The molecule has 0 saturated carbocycles. The summed E-state index contributed by atoms with van der Waals surface area (Å²) >= 11 is 0. The zero-order chi connectivity index (χ0) is 22.3. The highest BCUT2D eigenvalue weighted by Gasteiger charge is 2.27.